The molecule has 6 aliphatic heterocycles. The number of rotatable bonds is 9. The van der Waals surface area contributed by atoms with E-state index in [2.05, 4.69) is 34.8 Å². The molecule has 129 heavy (non-hydrogen) atoms. The molecular weight excluding hydrogens is 1760 g/mol. The fourth-order valence-corrected chi connectivity index (χ4v) is 19.5. The molecule has 6 bridgehead atoms. The van der Waals surface area contributed by atoms with Gasteiger partial charge in [-0.05, 0) is 179 Å². The minimum absolute atomic E-state index is 0. The van der Waals surface area contributed by atoms with Gasteiger partial charge >= 0.3 is 18.3 Å². The smallest absolute Gasteiger partial charge is 0.408 e. The van der Waals surface area contributed by atoms with Gasteiger partial charge in [-0.1, -0.05) is 159 Å². The molecule has 3 N–H and O–H groups in total. The van der Waals surface area contributed by atoms with Crippen LogP contribution in [0.1, 0.15) is 236 Å². The summed E-state index contributed by atoms with van der Waals surface area (Å²) >= 11 is 0. The van der Waals surface area contributed by atoms with E-state index in [0.717, 1.165) is 143 Å². The predicted molar refractivity (Wildman–Crippen MR) is 471 cm³/mol. The van der Waals surface area contributed by atoms with Crippen LogP contribution in [0.15, 0.2) is 54.6 Å². The summed E-state index contributed by atoms with van der Waals surface area (Å²) in [5, 5.41) is 8.53. The molecule has 18 atom stereocenters. The van der Waals surface area contributed by atoms with Crippen LogP contribution in [0.2, 0.25) is 0 Å². The maximum Gasteiger partial charge on any atom is 0.408 e. The first kappa shape index (κ1) is 103. The van der Waals surface area contributed by atoms with Gasteiger partial charge in [-0.15, -0.1) is 0 Å². The number of ether oxygens (including phenoxy) is 9. The molecule has 0 spiro atoms. The van der Waals surface area contributed by atoms with Crippen molar-refractivity contribution in [1.82, 2.24) is 60.6 Å². The number of hydrogen-bond donors (Lipinski definition) is 3. The van der Waals surface area contributed by atoms with Gasteiger partial charge in [0, 0.05) is 79.8 Å². The molecule has 3 aromatic carbocycles. The van der Waals surface area contributed by atoms with Gasteiger partial charge in [0.2, 0.25) is 35.4 Å². The predicted octanol–water partition coefficient (Wildman–Crippen LogP) is 14.3. The zero-order valence-corrected chi connectivity index (χ0v) is 81.8. The molecule has 9 heterocycles. The SMILES string of the molecule is CC[C@@H]1[C@@H]2CN(C(=O)[C@H](C(C)(C)C)NC(=O)O[C@@H]3CCC[C@H]3CCCCCc3nc4ccc(OC)cc4nc3O2)[C@@H]1[C-]=O.CC[C@@H]1[C@@H]2CN(C(=O)[C@H](C(C)(C)C)NC(=O)O[C@@H]3C[C@H]3CCCCCc3nc4ccc(OC)cc4nc3O2)[C@@H]1[C-]=O.CC[C@@H]1[C@@H]2CN(C(=O)[C@H](C(C)(C)C)NC(=O)O[C@]3(C)C[C@H]3CCCCCc3nc4ccc(OC)cc4nc3O2)[C@@H]1[C-]=O.[V].[V].[V]. The largest absolute Gasteiger partial charge is 0.540 e. The first-order valence-electron chi connectivity index (χ1n) is 45.7. The minimum Gasteiger partial charge on any atom is -0.540 e. The van der Waals surface area contributed by atoms with Crippen LogP contribution >= 0.6 is 0 Å². The molecule has 6 aromatic rings. The number of methoxy groups -OCH3 is 3. The second-order valence-electron chi connectivity index (χ2n) is 39.1. The van der Waals surface area contributed by atoms with Gasteiger partial charge in [0.1, 0.15) is 88.6 Å². The van der Waals surface area contributed by atoms with E-state index in [1.807, 2.05) is 145 Å². The van der Waals surface area contributed by atoms with Crippen LogP contribution in [-0.4, -0.2) is 213 Å². The third-order valence-electron chi connectivity index (χ3n) is 27.1. The Bertz CT molecular complexity index is 4940. The summed E-state index contributed by atoms with van der Waals surface area (Å²) in [5.41, 5.74) is 4.11. The fourth-order valence-electron chi connectivity index (χ4n) is 19.5. The molecule has 3 saturated heterocycles. The maximum atomic E-state index is 14.1. The van der Waals surface area contributed by atoms with E-state index in [-0.39, 0.29) is 123 Å². The van der Waals surface area contributed by atoms with E-state index >= 15 is 0 Å². The van der Waals surface area contributed by atoms with E-state index in [1.165, 1.54) is 14.7 Å². The van der Waals surface area contributed by atoms with E-state index < -0.39 is 94.7 Å². The van der Waals surface area contributed by atoms with Crippen molar-refractivity contribution in [2.75, 3.05) is 41.0 Å². The Kier molecular flexibility index (Phi) is 35.3. The van der Waals surface area contributed by atoms with Crippen molar-refractivity contribution in [1.29, 1.82) is 0 Å². The van der Waals surface area contributed by atoms with Crippen molar-refractivity contribution in [2.24, 2.45) is 51.8 Å². The summed E-state index contributed by atoms with van der Waals surface area (Å²) in [5.74, 6) is 2.27. The third-order valence-corrected chi connectivity index (χ3v) is 27.1. The number of fused-ring (bicyclic) bond motifs is 15. The monoisotopic (exact) mass is 1890 g/mol. The number of carbonyl (C=O) groups is 6. The average molecular weight is 1890 g/mol. The molecule has 0 unspecified atom stereocenters. The second-order valence-corrected chi connectivity index (χ2v) is 39.1. The Morgan fingerprint density at radius 3 is 1.08 bits per heavy atom. The maximum absolute atomic E-state index is 14.1. The summed E-state index contributed by atoms with van der Waals surface area (Å²) in [4.78, 5) is 152. The van der Waals surface area contributed by atoms with Crippen molar-refractivity contribution in [3.8, 4) is 34.9 Å². The van der Waals surface area contributed by atoms with E-state index in [9.17, 15) is 43.2 Å². The van der Waals surface area contributed by atoms with Crippen LogP contribution in [0.5, 0.6) is 34.9 Å². The Morgan fingerprint density at radius 2 is 0.736 bits per heavy atom. The molecule has 9 aliphatic rings. The Hall–Kier alpha value is -8.54. The van der Waals surface area contributed by atoms with Crippen LogP contribution in [0.4, 0.5) is 14.4 Å². The van der Waals surface area contributed by atoms with Crippen LogP contribution < -0.4 is 44.4 Å². The van der Waals surface area contributed by atoms with Gasteiger partial charge in [0.25, 0.3) is 0 Å². The standard InChI is InChI=1S/C33H45N4O6.C32H43N4O6.C31H41N4O6.3V/c1-6-22-26(19-38)37-18-28(22)42-30-24(34-23-16-15-21(41-5)17-25(23)35-30)13-9-7-8-11-20-12-10-14-27(20)43-32(40)36-29(31(37)39)33(2,3)4;1-7-21-25(18-37)36-17-26(21)41-28-23(33-22-14-13-20(40-6)15-24(22)34-28)12-10-8-9-11-19-16-32(19,5)42-30(39)35-27(29(36)38)31(2,3)4;1-6-20-24(17-36)35-16-26(20)40-28-22(32-21-13-12-19(39-5)15-23(21)33-28)11-9-7-8-10-18-14-25(18)41-30(38)34-27(29(35)37)31(2,3)4;;;/h15-17,20,22,26-29H,6-14,18H2,1-5H3,(H,36,40);13-15,19,21,25-27H,7-12,16-17H2,1-6H3,(H,35,39);12-13,15,18,20,24-27H,6-11,14,16H2,1-5H3,(H,34,38);;;/q3*-1;;;/t20-,22+,26-,27-,28+,29-;19-,21+,25-,26+,27-,32-;18-,20+,24-,25-,26+,27-;;;/m111.../s1. The molecule has 15 rings (SSSR count). The molecule has 6 amide bonds. The number of aromatic nitrogens is 6. The summed E-state index contributed by atoms with van der Waals surface area (Å²) < 4.78 is 53.4. The van der Waals surface area contributed by atoms with Gasteiger partial charge in [-0.3, -0.25) is 14.4 Å². The van der Waals surface area contributed by atoms with Gasteiger partial charge in [0.05, 0.1) is 74.1 Å². The normalized spacial score (nSPS) is 28.9. The quantitative estimate of drug-likeness (QED) is 0.0894. The molecule has 33 heteroatoms. The van der Waals surface area contributed by atoms with Crippen molar-refractivity contribution >= 4 is 88.0 Å². The first-order valence-corrected chi connectivity index (χ1v) is 45.7. The minimum atomic E-state index is -0.903. The van der Waals surface area contributed by atoms with Crippen LogP contribution in [0.25, 0.3) is 33.1 Å². The number of aryl methyl sites for hydroxylation is 3. The first-order chi connectivity index (χ1) is 60.2. The van der Waals surface area contributed by atoms with Crippen LogP contribution in [-0.2, 0) is 118 Å². The summed E-state index contributed by atoms with van der Waals surface area (Å²) in [6.45, 7) is 25.4. The van der Waals surface area contributed by atoms with E-state index in [1.54, 1.807) is 21.3 Å². The fraction of sp³-hybridized carbons (Fsp3) is 0.656. The summed E-state index contributed by atoms with van der Waals surface area (Å²) in [6, 6.07) is 11.6. The topological polar surface area (TPSA) is 360 Å². The van der Waals surface area contributed by atoms with Crippen LogP contribution in [0.3, 0.4) is 0 Å². The van der Waals surface area contributed by atoms with Crippen molar-refractivity contribution in [3.05, 3.63) is 71.7 Å². The van der Waals surface area contributed by atoms with E-state index in [0.29, 0.717) is 108 Å². The van der Waals surface area contributed by atoms with Gasteiger partial charge < -0.3 is 87.7 Å². The molecule has 30 nitrogen and oxygen atoms in total. The molecule has 699 valence electrons. The summed E-state index contributed by atoms with van der Waals surface area (Å²) in [7, 11) is 4.82. The van der Waals surface area contributed by atoms with Gasteiger partial charge in [-0.25, -0.2) is 63.1 Å². The zero-order chi connectivity index (χ0) is 90.3. The Morgan fingerprint density at radius 1 is 0.403 bits per heavy atom. The number of alkyl carbamates (subject to hydrolysis) is 3. The third kappa shape index (κ3) is 24.3. The van der Waals surface area contributed by atoms with Crippen LogP contribution in [0, 0.1) is 51.8 Å². The Balaban J connectivity index is 0.000000199. The van der Waals surface area contributed by atoms with Gasteiger partial charge in [-0.2, -0.15) is 0 Å². The van der Waals surface area contributed by atoms with Crippen molar-refractivity contribution in [2.45, 2.75) is 310 Å². The van der Waals surface area contributed by atoms with Crippen molar-refractivity contribution < 1.29 is 141 Å². The molecule has 3 radical (unpaired) electrons. The number of hydrogen-bond acceptors (Lipinski definition) is 24. The molecule has 6 fully saturated rings. The second kappa shape index (κ2) is 44.3. The number of nitrogens with one attached hydrogen (secondary N) is 3. The van der Waals surface area contributed by atoms with Gasteiger partial charge in [0.15, 0.2) is 0 Å². The molecule has 3 saturated carbocycles. The number of nitrogens with zero attached hydrogens (tertiary/aromatic N) is 9. The molecular formula is C96H129N12O18V3-3. The molecule has 3 aliphatic carbocycles. The molecule has 3 aromatic heterocycles. The Labute approximate surface area is 794 Å². The number of carbonyl (C=O) groups excluding carboxylic acids is 9. The van der Waals surface area contributed by atoms with Crippen molar-refractivity contribution in [3.63, 3.8) is 0 Å². The summed E-state index contributed by atoms with van der Waals surface area (Å²) in [6.07, 6.45) is 22.9. The average Bonchev–Trinajstić information content (AvgIpc) is 1.62. The number of benzene rings is 3. The zero-order valence-electron chi connectivity index (χ0n) is 77.6. The van der Waals surface area contributed by atoms with E-state index in [4.69, 9.17) is 72.5 Å². The number of amides is 6.